The molecule has 0 spiro atoms. The van der Waals surface area contributed by atoms with Crippen molar-refractivity contribution in [3.8, 4) is 0 Å². The summed E-state index contributed by atoms with van der Waals surface area (Å²) in [6.07, 6.45) is 6.33. The zero-order chi connectivity index (χ0) is 12.8. The van der Waals surface area contributed by atoms with E-state index < -0.39 is 0 Å². The number of hydrogen-bond donors (Lipinski definition) is 1. The van der Waals surface area contributed by atoms with Gasteiger partial charge in [-0.15, -0.1) is 0 Å². The minimum Gasteiger partial charge on any atom is -0.351 e. The van der Waals surface area contributed by atoms with Crippen molar-refractivity contribution in [2.45, 2.75) is 52.2 Å². The van der Waals surface area contributed by atoms with Gasteiger partial charge in [0, 0.05) is 37.6 Å². The number of nitrogens with zero attached hydrogens (tertiary/aromatic N) is 2. The highest BCUT2D eigenvalue weighted by atomic mass is 15.2. The first-order valence-corrected chi connectivity index (χ1v) is 7.40. The largest absolute Gasteiger partial charge is 0.351 e. The van der Waals surface area contributed by atoms with Gasteiger partial charge in [0.15, 0.2) is 0 Å². The molecule has 102 valence electrons. The van der Waals surface area contributed by atoms with Crippen molar-refractivity contribution in [3.05, 3.63) is 24.0 Å². The first kappa shape index (κ1) is 13.6. The van der Waals surface area contributed by atoms with E-state index in [1.807, 2.05) is 0 Å². The molecule has 0 radical (unpaired) electrons. The van der Waals surface area contributed by atoms with Gasteiger partial charge in [-0.05, 0) is 51.9 Å². The fourth-order valence-corrected chi connectivity index (χ4v) is 2.82. The second-order valence-electron chi connectivity index (χ2n) is 5.36. The molecule has 2 heterocycles. The fraction of sp³-hybridized carbons (Fsp3) is 0.733. The first-order valence-electron chi connectivity index (χ1n) is 7.40. The Hall–Kier alpha value is -0.800. The summed E-state index contributed by atoms with van der Waals surface area (Å²) < 4.78 is 2.30. The molecule has 0 bridgehead atoms. The lowest BCUT2D eigenvalue weighted by molar-refractivity contribution is 0.170. The fourth-order valence-electron chi connectivity index (χ4n) is 2.82. The normalized spacial score (nSPS) is 19.0. The molecule has 0 amide bonds. The van der Waals surface area contributed by atoms with E-state index in [1.165, 1.54) is 38.0 Å². The minimum absolute atomic E-state index is 0.662. The van der Waals surface area contributed by atoms with Crippen LogP contribution in [-0.4, -0.2) is 35.1 Å². The molecule has 1 atom stereocenters. The van der Waals surface area contributed by atoms with Gasteiger partial charge >= 0.3 is 0 Å². The van der Waals surface area contributed by atoms with Crippen LogP contribution in [0.1, 0.15) is 38.8 Å². The Morgan fingerprint density at radius 3 is 2.78 bits per heavy atom. The van der Waals surface area contributed by atoms with Gasteiger partial charge in [0.25, 0.3) is 0 Å². The molecule has 0 aliphatic carbocycles. The average molecular weight is 249 g/mol. The molecule has 1 aromatic rings. The average Bonchev–Trinajstić information content (AvgIpc) is 2.87. The van der Waals surface area contributed by atoms with E-state index in [0.717, 1.165) is 19.6 Å². The molecule has 1 aliphatic heterocycles. The van der Waals surface area contributed by atoms with E-state index in [1.54, 1.807) is 0 Å². The maximum Gasteiger partial charge on any atom is 0.0359 e. The Balaban J connectivity index is 1.71. The third-order valence-corrected chi connectivity index (χ3v) is 4.02. The van der Waals surface area contributed by atoms with E-state index in [2.05, 4.69) is 47.0 Å². The molecule has 0 saturated carbocycles. The number of rotatable bonds is 6. The summed E-state index contributed by atoms with van der Waals surface area (Å²) >= 11 is 0. The number of piperidine rings is 1. The third-order valence-electron chi connectivity index (χ3n) is 4.02. The standard InChI is InChI=1S/C15H27N3/c1-3-17-11-7-8-15(17)13-16-12-14(2)18-9-5-4-6-10-18/h7-8,11,14,16H,3-6,9-10,12-13H2,1-2H3. The topological polar surface area (TPSA) is 20.2 Å². The molecular formula is C15H27N3. The minimum atomic E-state index is 0.662. The molecule has 1 unspecified atom stereocenters. The highest BCUT2D eigenvalue weighted by Gasteiger charge is 2.15. The van der Waals surface area contributed by atoms with Crippen LogP contribution in [-0.2, 0) is 13.1 Å². The number of nitrogens with one attached hydrogen (secondary N) is 1. The Labute approximate surface area is 111 Å². The molecule has 3 heteroatoms. The molecule has 18 heavy (non-hydrogen) atoms. The predicted octanol–water partition coefficient (Wildman–Crippen LogP) is 2.47. The second kappa shape index (κ2) is 6.95. The molecule has 2 rings (SSSR count). The van der Waals surface area contributed by atoms with Gasteiger partial charge in [0.2, 0.25) is 0 Å². The lowest BCUT2D eigenvalue weighted by Crippen LogP contribution is -2.43. The van der Waals surface area contributed by atoms with Crippen molar-refractivity contribution >= 4 is 0 Å². The van der Waals surface area contributed by atoms with Crippen molar-refractivity contribution < 1.29 is 0 Å². The van der Waals surface area contributed by atoms with Crippen LogP contribution in [0, 0.1) is 0 Å². The number of aryl methyl sites for hydroxylation is 1. The predicted molar refractivity (Wildman–Crippen MR) is 76.7 cm³/mol. The van der Waals surface area contributed by atoms with Gasteiger partial charge in [-0.3, -0.25) is 4.90 Å². The molecule has 1 saturated heterocycles. The summed E-state index contributed by atoms with van der Waals surface area (Å²) in [5, 5.41) is 3.60. The Bertz CT molecular complexity index is 339. The van der Waals surface area contributed by atoms with Crippen LogP contribution < -0.4 is 5.32 Å². The first-order chi connectivity index (χ1) is 8.81. The summed E-state index contributed by atoms with van der Waals surface area (Å²) in [6, 6.07) is 5.01. The van der Waals surface area contributed by atoms with E-state index >= 15 is 0 Å². The van der Waals surface area contributed by atoms with Crippen LogP contribution in [0.25, 0.3) is 0 Å². The summed E-state index contributed by atoms with van der Waals surface area (Å²) in [4.78, 5) is 2.62. The Kier molecular flexibility index (Phi) is 5.26. The van der Waals surface area contributed by atoms with Crippen LogP contribution in [0.4, 0.5) is 0 Å². The van der Waals surface area contributed by atoms with Gasteiger partial charge in [-0.2, -0.15) is 0 Å². The molecule has 1 fully saturated rings. The van der Waals surface area contributed by atoms with Gasteiger partial charge in [-0.25, -0.2) is 0 Å². The Morgan fingerprint density at radius 1 is 1.28 bits per heavy atom. The zero-order valence-corrected chi connectivity index (χ0v) is 11.9. The van der Waals surface area contributed by atoms with Crippen molar-refractivity contribution in [1.29, 1.82) is 0 Å². The second-order valence-corrected chi connectivity index (χ2v) is 5.36. The molecule has 1 aromatic heterocycles. The lowest BCUT2D eigenvalue weighted by atomic mass is 10.1. The number of aromatic nitrogens is 1. The quantitative estimate of drug-likeness (QED) is 0.836. The third kappa shape index (κ3) is 3.59. The Morgan fingerprint density at radius 2 is 2.06 bits per heavy atom. The highest BCUT2D eigenvalue weighted by Crippen LogP contribution is 2.11. The SMILES string of the molecule is CCn1cccc1CNCC(C)N1CCCCC1. The van der Waals surface area contributed by atoms with Crippen LogP contribution in [0.2, 0.25) is 0 Å². The maximum atomic E-state index is 3.60. The van der Waals surface area contributed by atoms with Crippen LogP contribution in [0.3, 0.4) is 0 Å². The van der Waals surface area contributed by atoms with Crippen molar-refractivity contribution in [2.75, 3.05) is 19.6 Å². The monoisotopic (exact) mass is 249 g/mol. The summed E-state index contributed by atoms with van der Waals surface area (Å²) in [5.41, 5.74) is 1.39. The number of hydrogen-bond acceptors (Lipinski definition) is 2. The smallest absolute Gasteiger partial charge is 0.0359 e. The van der Waals surface area contributed by atoms with Gasteiger partial charge in [-0.1, -0.05) is 6.42 Å². The molecule has 1 N–H and O–H groups in total. The summed E-state index contributed by atoms with van der Waals surface area (Å²) in [7, 11) is 0. The summed E-state index contributed by atoms with van der Waals surface area (Å²) in [5.74, 6) is 0. The van der Waals surface area contributed by atoms with Gasteiger partial charge in [0.1, 0.15) is 0 Å². The molecule has 1 aliphatic rings. The van der Waals surface area contributed by atoms with E-state index in [-0.39, 0.29) is 0 Å². The maximum absolute atomic E-state index is 3.60. The van der Waals surface area contributed by atoms with Crippen molar-refractivity contribution in [1.82, 2.24) is 14.8 Å². The van der Waals surface area contributed by atoms with Crippen LogP contribution in [0.15, 0.2) is 18.3 Å². The van der Waals surface area contributed by atoms with Gasteiger partial charge < -0.3 is 9.88 Å². The van der Waals surface area contributed by atoms with E-state index in [9.17, 15) is 0 Å². The van der Waals surface area contributed by atoms with Gasteiger partial charge in [0.05, 0.1) is 0 Å². The zero-order valence-electron chi connectivity index (χ0n) is 11.9. The molecule has 3 nitrogen and oxygen atoms in total. The van der Waals surface area contributed by atoms with E-state index in [0.29, 0.717) is 6.04 Å². The highest BCUT2D eigenvalue weighted by molar-refractivity contribution is 5.06. The van der Waals surface area contributed by atoms with Crippen molar-refractivity contribution in [2.24, 2.45) is 0 Å². The van der Waals surface area contributed by atoms with Crippen LogP contribution in [0.5, 0.6) is 0 Å². The summed E-state index contributed by atoms with van der Waals surface area (Å²) in [6.45, 7) is 10.2. The molecular weight excluding hydrogens is 222 g/mol. The van der Waals surface area contributed by atoms with Crippen molar-refractivity contribution in [3.63, 3.8) is 0 Å². The molecule has 0 aromatic carbocycles. The lowest BCUT2D eigenvalue weighted by Gasteiger charge is -2.32. The number of likely N-dealkylation sites (tertiary alicyclic amines) is 1. The van der Waals surface area contributed by atoms with Crippen LogP contribution >= 0.6 is 0 Å². The van der Waals surface area contributed by atoms with E-state index in [4.69, 9.17) is 0 Å².